The summed E-state index contributed by atoms with van der Waals surface area (Å²) in [5, 5.41) is 0. The van der Waals surface area contributed by atoms with Gasteiger partial charge in [-0.1, -0.05) is 40.2 Å². The summed E-state index contributed by atoms with van der Waals surface area (Å²) in [6.45, 7) is 3.92. The number of nitrogen functional groups attached to an aromatic ring is 1. The molecule has 19 heavy (non-hydrogen) atoms. The molecule has 2 nitrogen and oxygen atoms in total. The second-order valence-electron chi connectivity index (χ2n) is 4.99. The average molecular weight is 319 g/mol. The summed E-state index contributed by atoms with van der Waals surface area (Å²) >= 11 is 3.45. The number of anilines is 1. The van der Waals surface area contributed by atoms with Crippen LogP contribution in [0.5, 0.6) is 0 Å². The molecule has 0 aliphatic carbocycles. The maximum atomic E-state index is 5.84. The summed E-state index contributed by atoms with van der Waals surface area (Å²) in [7, 11) is 2.13. The number of aryl methyl sites for hydroxylation is 1. The predicted octanol–water partition coefficient (Wildman–Crippen LogP) is 3.97. The third kappa shape index (κ3) is 4.08. The Bertz CT molecular complexity index is 549. The van der Waals surface area contributed by atoms with E-state index in [1.165, 1.54) is 11.1 Å². The third-order valence-corrected chi connectivity index (χ3v) is 3.68. The van der Waals surface area contributed by atoms with Gasteiger partial charge in [-0.05, 0) is 48.9 Å². The molecule has 0 fully saturated rings. The Morgan fingerprint density at radius 2 is 1.58 bits per heavy atom. The van der Waals surface area contributed by atoms with Gasteiger partial charge in [-0.25, -0.2) is 0 Å². The van der Waals surface area contributed by atoms with Crippen molar-refractivity contribution < 1.29 is 0 Å². The van der Waals surface area contributed by atoms with Crippen LogP contribution in [0.4, 0.5) is 5.69 Å². The smallest absolute Gasteiger partial charge is 0.0343 e. The van der Waals surface area contributed by atoms with Crippen LogP contribution in [0.15, 0.2) is 46.9 Å². The van der Waals surface area contributed by atoms with Gasteiger partial charge in [0.05, 0.1) is 0 Å². The van der Waals surface area contributed by atoms with Gasteiger partial charge in [0, 0.05) is 23.2 Å². The quantitative estimate of drug-likeness (QED) is 0.864. The van der Waals surface area contributed by atoms with Crippen LogP contribution in [-0.2, 0) is 13.1 Å². The first-order chi connectivity index (χ1) is 9.04. The van der Waals surface area contributed by atoms with Crippen molar-refractivity contribution >= 4 is 21.6 Å². The average Bonchev–Trinajstić information content (AvgIpc) is 2.37. The van der Waals surface area contributed by atoms with Crippen LogP contribution >= 0.6 is 15.9 Å². The van der Waals surface area contributed by atoms with Crippen LogP contribution in [0.2, 0.25) is 0 Å². The second-order valence-corrected chi connectivity index (χ2v) is 5.91. The molecule has 100 valence electrons. The van der Waals surface area contributed by atoms with E-state index in [0.29, 0.717) is 0 Å². The molecule has 0 saturated carbocycles. The van der Waals surface area contributed by atoms with Gasteiger partial charge < -0.3 is 5.73 Å². The van der Waals surface area contributed by atoms with Crippen LogP contribution in [0, 0.1) is 6.92 Å². The van der Waals surface area contributed by atoms with Crippen molar-refractivity contribution in [3.8, 4) is 0 Å². The highest BCUT2D eigenvalue weighted by Gasteiger charge is 2.03. The van der Waals surface area contributed by atoms with E-state index in [2.05, 4.69) is 64.3 Å². The van der Waals surface area contributed by atoms with E-state index in [0.717, 1.165) is 28.8 Å². The zero-order valence-electron chi connectivity index (χ0n) is 11.4. The van der Waals surface area contributed by atoms with Crippen molar-refractivity contribution in [3.63, 3.8) is 0 Å². The van der Waals surface area contributed by atoms with E-state index in [1.807, 2.05) is 13.0 Å². The van der Waals surface area contributed by atoms with E-state index in [4.69, 9.17) is 5.73 Å². The lowest BCUT2D eigenvalue weighted by molar-refractivity contribution is 0.319. The monoisotopic (exact) mass is 318 g/mol. The normalized spacial score (nSPS) is 10.9. The topological polar surface area (TPSA) is 29.3 Å². The van der Waals surface area contributed by atoms with Crippen LogP contribution in [0.3, 0.4) is 0 Å². The van der Waals surface area contributed by atoms with Crippen molar-refractivity contribution in [2.75, 3.05) is 12.8 Å². The van der Waals surface area contributed by atoms with Crippen LogP contribution in [-0.4, -0.2) is 11.9 Å². The summed E-state index contributed by atoms with van der Waals surface area (Å²) in [5.41, 5.74) is 10.5. The molecule has 0 radical (unpaired) electrons. The molecule has 0 saturated heterocycles. The Labute approximate surface area is 123 Å². The Morgan fingerprint density at radius 3 is 2.21 bits per heavy atom. The molecule has 0 aromatic heterocycles. The summed E-state index contributed by atoms with van der Waals surface area (Å²) in [4.78, 5) is 2.30. The van der Waals surface area contributed by atoms with Crippen LogP contribution in [0.25, 0.3) is 0 Å². The molecule has 0 aliphatic rings. The minimum atomic E-state index is 0.860. The van der Waals surface area contributed by atoms with Crippen molar-refractivity contribution in [1.82, 2.24) is 4.90 Å². The fourth-order valence-corrected chi connectivity index (χ4v) is 2.37. The number of nitrogens with two attached hydrogens (primary N) is 1. The first-order valence-corrected chi connectivity index (χ1v) is 7.12. The molecule has 3 heteroatoms. The van der Waals surface area contributed by atoms with Gasteiger partial charge in [0.25, 0.3) is 0 Å². The molecule has 0 unspecified atom stereocenters. The highest BCUT2D eigenvalue weighted by atomic mass is 79.9. The summed E-state index contributed by atoms with van der Waals surface area (Å²) in [5.74, 6) is 0. The third-order valence-electron chi connectivity index (χ3n) is 3.15. The number of rotatable bonds is 4. The van der Waals surface area contributed by atoms with Crippen molar-refractivity contribution in [2.24, 2.45) is 0 Å². The van der Waals surface area contributed by atoms with Gasteiger partial charge in [0.15, 0.2) is 0 Å². The van der Waals surface area contributed by atoms with Crippen LogP contribution in [0.1, 0.15) is 16.7 Å². The van der Waals surface area contributed by atoms with E-state index in [-0.39, 0.29) is 0 Å². The fourth-order valence-electron chi connectivity index (χ4n) is 2.11. The molecule has 0 bridgehead atoms. The molecule has 2 aromatic rings. The lowest BCUT2D eigenvalue weighted by Crippen LogP contribution is -2.17. The second kappa shape index (κ2) is 6.22. The Balaban J connectivity index is 1.98. The zero-order chi connectivity index (χ0) is 13.8. The zero-order valence-corrected chi connectivity index (χ0v) is 12.9. The number of hydrogen-bond donors (Lipinski definition) is 1. The lowest BCUT2D eigenvalue weighted by atomic mass is 10.1. The molecular weight excluding hydrogens is 300 g/mol. The van der Waals surface area contributed by atoms with Crippen LogP contribution < -0.4 is 5.73 Å². The van der Waals surface area contributed by atoms with Gasteiger partial charge in [0.2, 0.25) is 0 Å². The number of benzene rings is 2. The lowest BCUT2D eigenvalue weighted by Gasteiger charge is -2.17. The van der Waals surface area contributed by atoms with Gasteiger partial charge >= 0.3 is 0 Å². The highest BCUT2D eigenvalue weighted by molar-refractivity contribution is 9.10. The van der Waals surface area contributed by atoms with Crippen molar-refractivity contribution in [3.05, 3.63) is 63.6 Å². The van der Waals surface area contributed by atoms with Gasteiger partial charge in [-0.15, -0.1) is 0 Å². The minimum absolute atomic E-state index is 0.860. The maximum absolute atomic E-state index is 5.84. The Kier molecular flexibility index (Phi) is 4.61. The Morgan fingerprint density at radius 1 is 1.00 bits per heavy atom. The molecular formula is C16H19BrN2. The molecule has 0 amide bonds. The molecule has 0 spiro atoms. The SMILES string of the molecule is Cc1cc(CN(C)Cc2ccc(Br)cc2)ccc1N. The van der Waals surface area contributed by atoms with E-state index in [1.54, 1.807) is 0 Å². The number of halogens is 1. The van der Waals surface area contributed by atoms with Crippen molar-refractivity contribution in [2.45, 2.75) is 20.0 Å². The molecule has 0 aliphatic heterocycles. The largest absolute Gasteiger partial charge is 0.399 e. The van der Waals surface area contributed by atoms with E-state index in [9.17, 15) is 0 Å². The maximum Gasteiger partial charge on any atom is 0.0343 e. The molecule has 2 rings (SSSR count). The predicted molar refractivity (Wildman–Crippen MR) is 84.9 cm³/mol. The van der Waals surface area contributed by atoms with E-state index < -0.39 is 0 Å². The molecule has 2 aromatic carbocycles. The van der Waals surface area contributed by atoms with E-state index >= 15 is 0 Å². The van der Waals surface area contributed by atoms with Gasteiger partial charge in [-0.2, -0.15) is 0 Å². The summed E-state index contributed by atoms with van der Waals surface area (Å²) < 4.78 is 1.12. The first-order valence-electron chi connectivity index (χ1n) is 6.32. The number of hydrogen-bond acceptors (Lipinski definition) is 2. The minimum Gasteiger partial charge on any atom is -0.399 e. The fraction of sp³-hybridized carbons (Fsp3) is 0.250. The summed E-state index contributed by atoms with van der Waals surface area (Å²) in [6.07, 6.45) is 0. The van der Waals surface area contributed by atoms with Crippen molar-refractivity contribution in [1.29, 1.82) is 0 Å². The van der Waals surface area contributed by atoms with Gasteiger partial charge in [0.1, 0.15) is 0 Å². The summed E-state index contributed by atoms with van der Waals surface area (Å²) in [6, 6.07) is 14.7. The standard InChI is InChI=1S/C16H19BrN2/c1-12-9-14(5-8-16(12)18)11-19(2)10-13-3-6-15(17)7-4-13/h3-9H,10-11,18H2,1-2H3. The van der Waals surface area contributed by atoms with Gasteiger partial charge in [-0.3, -0.25) is 4.90 Å². The number of nitrogens with zero attached hydrogens (tertiary/aromatic N) is 1. The highest BCUT2D eigenvalue weighted by Crippen LogP contribution is 2.16. The molecule has 0 atom stereocenters. The molecule has 2 N–H and O–H groups in total. The molecule has 0 heterocycles. The first kappa shape index (κ1) is 14.1. The Hall–Kier alpha value is -1.32.